The standard InChI is InChI=1S/C8H9IO/c1-5-3-4-6(2)8(10)7(5)9/h3-4,10H,1-2H3. The lowest BCUT2D eigenvalue weighted by molar-refractivity contribution is 0.466. The van der Waals surface area contributed by atoms with Crippen molar-refractivity contribution in [2.75, 3.05) is 0 Å². The Hall–Kier alpha value is -0.250. The summed E-state index contributed by atoms with van der Waals surface area (Å²) in [6.07, 6.45) is 0. The van der Waals surface area contributed by atoms with E-state index in [0.29, 0.717) is 5.75 Å². The van der Waals surface area contributed by atoms with Crippen LogP contribution >= 0.6 is 22.6 Å². The second-order valence-corrected chi connectivity index (χ2v) is 3.44. The first-order chi connectivity index (χ1) is 4.63. The second kappa shape index (κ2) is 2.78. The van der Waals surface area contributed by atoms with Crippen molar-refractivity contribution in [1.29, 1.82) is 0 Å². The third kappa shape index (κ3) is 1.26. The maximum absolute atomic E-state index is 9.38. The highest BCUT2D eigenvalue weighted by molar-refractivity contribution is 14.1. The fourth-order valence-electron chi connectivity index (χ4n) is 0.762. The van der Waals surface area contributed by atoms with E-state index in [2.05, 4.69) is 22.6 Å². The van der Waals surface area contributed by atoms with Crippen LogP contribution in [0.4, 0.5) is 0 Å². The molecule has 0 heterocycles. The SMILES string of the molecule is Cc1ccc(C)c(I)c1O. The van der Waals surface area contributed by atoms with E-state index in [4.69, 9.17) is 0 Å². The molecule has 0 amide bonds. The molecule has 1 aromatic carbocycles. The number of rotatable bonds is 0. The van der Waals surface area contributed by atoms with E-state index in [9.17, 15) is 5.11 Å². The molecule has 1 N–H and O–H groups in total. The quantitative estimate of drug-likeness (QED) is 0.699. The number of halogens is 1. The van der Waals surface area contributed by atoms with Gasteiger partial charge in [0.1, 0.15) is 5.75 Å². The van der Waals surface area contributed by atoms with Gasteiger partial charge in [-0.2, -0.15) is 0 Å². The smallest absolute Gasteiger partial charge is 0.132 e. The van der Waals surface area contributed by atoms with Crippen molar-refractivity contribution in [3.8, 4) is 5.75 Å². The van der Waals surface area contributed by atoms with E-state index in [1.165, 1.54) is 0 Å². The molecule has 0 aliphatic rings. The van der Waals surface area contributed by atoms with E-state index >= 15 is 0 Å². The molecule has 1 rings (SSSR count). The maximum Gasteiger partial charge on any atom is 0.132 e. The number of benzene rings is 1. The van der Waals surface area contributed by atoms with Crippen LogP contribution in [0.1, 0.15) is 11.1 Å². The fraction of sp³-hybridized carbons (Fsp3) is 0.250. The van der Waals surface area contributed by atoms with Crippen LogP contribution in [0.3, 0.4) is 0 Å². The summed E-state index contributed by atoms with van der Waals surface area (Å²) in [7, 11) is 0. The van der Waals surface area contributed by atoms with Gasteiger partial charge in [-0.25, -0.2) is 0 Å². The summed E-state index contributed by atoms with van der Waals surface area (Å²) >= 11 is 2.14. The third-order valence-electron chi connectivity index (χ3n) is 1.51. The van der Waals surface area contributed by atoms with E-state index in [1.807, 2.05) is 26.0 Å². The highest BCUT2D eigenvalue weighted by atomic mass is 127. The highest BCUT2D eigenvalue weighted by Crippen LogP contribution is 2.25. The van der Waals surface area contributed by atoms with Crippen LogP contribution in [0.25, 0.3) is 0 Å². The number of hydrogen-bond acceptors (Lipinski definition) is 1. The Morgan fingerprint density at radius 3 is 2.20 bits per heavy atom. The lowest BCUT2D eigenvalue weighted by Crippen LogP contribution is -1.83. The Bertz CT molecular complexity index is 229. The molecule has 0 aromatic heterocycles. The number of aryl methyl sites for hydroxylation is 2. The minimum Gasteiger partial charge on any atom is -0.507 e. The minimum absolute atomic E-state index is 0.417. The van der Waals surface area contributed by atoms with Crippen molar-refractivity contribution in [3.63, 3.8) is 0 Å². The molecule has 0 saturated carbocycles. The molecule has 0 spiro atoms. The van der Waals surface area contributed by atoms with Gasteiger partial charge in [0, 0.05) is 0 Å². The summed E-state index contributed by atoms with van der Waals surface area (Å²) in [6.45, 7) is 3.89. The Morgan fingerprint density at radius 2 is 1.70 bits per heavy atom. The van der Waals surface area contributed by atoms with Gasteiger partial charge in [0.2, 0.25) is 0 Å². The molecule has 0 radical (unpaired) electrons. The molecule has 0 atom stereocenters. The van der Waals surface area contributed by atoms with Crippen molar-refractivity contribution >= 4 is 22.6 Å². The molecule has 2 heteroatoms. The van der Waals surface area contributed by atoms with Crippen molar-refractivity contribution < 1.29 is 5.11 Å². The van der Waals surface area contributed by atoms with Gasteiger partial charge in [0.05, 0.1) is 3.57 Å². The van der Waals surface area contributed by atoms with E-state index < -0.39 is 0 Å². The molecule has 0 bridgehead atoms. The molecule has 1 nitrogen and oxygen atoms in total. The Labute approximate surface area is 74.2 Å². The van der Waals surface area contributed by atoms with Gasteiger partial charge in [-0.1, -0.05) is 12.1 Å². The van der Waals surface area contributed by atoms with Gasteiger partial charge in [-0.3, -0.25) is 0 Å². The molecular formula is C8H9IO. The van der Waals surface area contributed by atoms with Gasteiger partial charge in [-0.15, -0.1) is 0 Å². The highest BCUT2D eigenvalue weighted by Gasteiger charge is 2.02. The predicted octanol–water partition coefficient (Wildman–Crippen LogP) is 2.61. The molecule has 0 aliphatic carbocycles. The van der Waals surface area contributed by atoms with Gasteiger partial charge in [0.25, 0.3) is 0 Å². The largest absolute Gasteiger partial charge is 0.507 e. The Morgan fingerprint density at radius 1 is 1.20 bits per heavy atom. The van der Waals surface area contributed by atoms with E-state index in [1.54, 1.807) is 0 Å². The summed E-state index contributed by atoms with van der Waals surface area (Å²) in [4.78, 5) is 0. The Kier molecular flexibility index (Phi) is 2.18. The van der Waals surface area contributed by atoms with Gasteiger partial charge < -0.3 is 5.11 Å². The van der Waals surface area contributed by atoms with Crippen molar-refractivity contribution in [2.45, 2.75) is 13.8 Å². The number of phenolic OH excluding ortho intramolecular Hbond substituents is 1. The molecule has 0 aliphatic heterocycles. The first kappa shape index (κ1) is 7.85. The molecule has 0 saturated heterocycles. The van der Waals surface area contributed by atoms with Crippen molar-refractivity contribution in [2.24, 2.45) is 0 Å². The summed E-state index contributed by atoms with van der Waals surface area (Å²) in [5.41, 5.74) is 2.07. The third-order valence-corrected chi connectivity index (χ3v) is 2.87. The number of hydrogen-bond donors (Lipinski definition) is 1. The zero-order valence-electron chi connectivity index (χ0n) is 5.98. The Balaban J connectivity index is 3.34. The lowest BCUT2D eigenvalue weighted by atomic mass is 10.1. The monoisotopic (exact) mass is 248 g/mol. The topological polar surface area (TPSA) is 20.2 Å². The van der Waals surface area contributed by atoms with E-state index in [0.717, 1.165) is 14.7 Å². The van der Waals surface area contributed by atoms with E-state index in [-0.39, 0.29) is 0 Å². The van der Waals surface area contributed by atoms with Crippen LogP contribution in [-0.4, -0.2) is 5.11 Å². The van der Waals surface area contributed by atoms with Crippen LogP contribution in [0, 0.1) is 17.4 Å². The number of phenols is 1. The summed E-state index contributed by atoms with van der Waals surface area (Å²) in [5, 5.41) is 9.38. The van der Waals surface area contributed by atoms with Crippen molar-refractivity contribution in [1.82, 2.24) is 0 Å². The summed E-state index contributed by atoms with van der Waals surface area (Å²) < 4.78 is 0.956. The van der Waals surface area contributed by atoms with Crippen molar-refractivity contribution in [3.05, 3.63) is 26.8 Å². The minimum atomic E-state index is 0.417. The molecule has 54 valence electrons. The first-order valence-corrected chi connectivity index (χ1v) is 4.15. The number of aromatic hydroxyl groups is 1. The zero-order valence-corrected chi connectivity index (χ0v) is 8.14. The second-order valence-electron chi connectivity index (χ2n) is 2.36. The summed E-state index contributed by atoms with van der Waals surface area (Å²) in [5.74, 6) is 0.417. The predicted molar refractivity (Wildman–Crippen MR) is 50.3 cm³/mol. The van der Waals surface area contributed by atoms with Crippen LogP contribution in [0.2, 0.25) is 0 Å². The van der Waals surface area contributed by atoms with Crippen LogP contribution in [0.15, 0.2) is 12.1 Å². The summed E-state index contributed by atoms with van der Waals surface area (Å²) in [6, 6.07) is 3.93. The lowest BCUT2D eigenvalue weighted by Gasteiger charge is -2.02. The molecule has 1 aromatic rings. The average Bonchev–Trinajstić information content (AvgIpc) is 1.93. The average molecular weight is 248 g/mol. The van der Waals surface area contributed by atoms with Crippen LogP contribution in [0.5, 0.6) is 5.75 Å². The normalized spacial score (nSPS) is 9.90. The molecule has 0 unspecified atom stereocenters. The van der Waals surface area contributed by atoms with Crippen LogP contribution in [-0.2, 0) is 0 Å². The maximum atomic E-state index is 9.38. The first-order valence-electron chi connectivity index (χ1n) is 3.07. The zero-order chi connectivity index (χ0) is 7.72. The van der Waals surface area contributed by atoms with Gasteiger partial charge in [0.15, 0.2) is 0 Å². The van der Waals surface area contributed by atoms with Gasteiger partial charge >= 0.3 is 0 Å². The molecule has 10 heavy (non-hydrogen) atoms. The van der Waals surface area contributed by atoms with Crippen LogP contribution < -0.4 is 0 Å². The molecule has 0 fully saturated rings. The van der Waals surface area contributed by atoms with Gasteiger partial charge in [-0.05, 0) is 47.6 Å². The molecular weight excluding hydrogens is 239 g/mol. The fourth-order valence-corrected chi connectivity index (χ4v) is 1.37.